The largest absolute Gasteiger partial charge is 0.493 e. The van der Waals surface area contributed by atoms with Crippen LogP contribution in [-0.2, 0) is 0 Å². The summed E-state index contributed by atoms with van der Waals surface area (Å²) in [6.07, 6.45) is -1.08. The lowest BCUT2D eigenvalue weighted by molar-refractivity contribution is 0.146. The number of methoxy groups -OCH3 is 2. The molecule has 0 saturated heterocycles. The minimum atomic E-state index is -2.64. The molecule has 0 atom stereocenters. The lowest BCUT2D eigenvalue weighted by Crippen LogP contribution is -1.92. The van der Waals surface area contributed by atoms with Crippen molar-refractivity contribution in [2.75, 3.05) is 14.2 Å². The number of nitrogens with zero attached hydrogens (tertiary/aromatic N) is 6. The summed E-state index contributed by atoms with van der Waals surface area (Å²) >= 11 is 1.27. The minimum absolute atomic E-state index is 0.250. The molecule has 6 aromatic rings. The number of halogens is 2. The molecule has 0 aliphatic heterocycles. The van der Waals surface area contributed by atoms with Crippen molar-refractivity contribution in [3.63, 3.8) is 0 Å². The Hall–Kier alpha value is -4.19. The van der Waals surface area contributed by atoms with Crippen LogP contribution < -0.4 is 9.47 Å². The molecule has 0 unspecified atom stereocenters. The van der Waals surface area contributed by atoms with E-state index in [1.807, 2.05) is 24.3 Å². The summed E-state index contributed by atoms with van der Waals surface area (Å²) in [5, 5.41) is 12.7. The van der Waals surface area contributed by atoms with Crippen LogP contribution in [0, 0.1) is 6.92 Å². The van der Waals surface area contributed by atoms with Crippen LogP contribution in [0.5, 0.6) is 11.5 Å². The lowest BCUT2D eigenvalue weighted by Gasteiger charge is -2.08. The lowest BCUT2D eigenvalue weighted by atomic mass is 10.1. The summed E-state index contributed by atoms with van der Waals surface area (Å²) < 4.78 is 39.5. The van der Waals surface area contributed by atoms with Crippen molar-refractivity contribution in [2.45, 2.75) is 13.3 Å². The maximum absolute atomic E-state index is 13.3. The topological polar surface area (TPSA) is 103 Å². The van der Waals surface area contributed by atoms with Gasteiger partial charge in [0, 0.05) is 10.9 Å². The fraction of sp³-hybridized carbons (Fsp3) is 0.174. The summed E-state index contributed by atoms with van der Waals surface area (Å²) in [4.78, 5) is 13.9. The first-order valence-corrected chi connectivity index (χ1v) is 11.3. The van der Waals surface area contributed by atoms with Crippen molar-refractivity contribution in [3.8, 4) is 34.3 Å². The number of H-pyrrole nitrogens is 1. The number of hydrogen-bond acceptors (Lipinski definition) is 8. The Morgan fingerprint density at radius 2 is 1.89 bits per heavy atom. The molecular formula is C23H17F2N7O2S. The molecule has 0 spiro atoms. The molecule has 5 heterocycles. The van der Waals surface area contributed by atoms with E-state index in [0.29, 0.717) is 50.3 Å². The average molecular weight is 493 g/mol. The molecule has 9 nitrogen and oxygen atoms in total. The molecule has 5 aromatic heterocycles. The van der Waals surface area contributed by atoms with E-state index in [0.717, 1.165) is 15.6 Å². The Bertz CT molecular complexity index is 1740. The summed E-state index contributed by atoms with van der Waals surface area (Å²) in [6, 6.07) is 8.77. The number of pyridine rings is 1. The summed E-state index contributed by atoms with van der Waals surface area (Å²) in [5.41, 5.74) is 3.80. The first kappa shape index (κ1) is 21.4. The van der Waals surface area contributed by atoms with Crippen LogP contribution in [-0.4, -0.2) is 49.0 Å². The van der Waals surface area contributed by atoms with E-state index in [9.17, 15) is 8.78 Å². The average Bonchev–Trinajstić information content (AvgIpc) is 3.59. The standard InChI is InChI=1S/C23H17F2N7O2S/c1-10-6-13(20(24)25)27-23-17(10)18-19(35-23)22-28-21(31-32(22)9-26-18)14-8-12(29-30-14)11-4-5-15(33-2)16(7-11)34-3/h4-9,20H,1-3H3,(H,29,30). The van der Waals surface area contributed by atoms with Gasteiger partial charge in [-0.2, -0.15) is 5.10 Å². The summed E-state index contributed by atoms with van der Waals surface area (Å²) in [6.45, 7) is 1.78. The molecule has 0 bridgehead atoms. The third kappa shape index (κ3) is 3.36. The molecular weight excluding hydrogens is 476 g/mol. The first-order valence-electron chi connectivity index (χ1n) is 10.5. The number of ether oxygens (including phenoxy) is 2. The number of hydrogen-bond donors (Lipinski definition) is 1. The molecule has 0 saturated carbocycles. The van der Waals surface area contributed by atoms with Crippen LogP contribution in [0.25, 0.3) is 48.9 Å². The molecule has 1 N–H and O–H groups in total. The van der Waals surface area contributed by atoms with Gasteiger partial charge in [0.15, 0.2) is 23.0 Å². The molecule has 0 aliphatic carbocycles. The van der Waals surface area contributed by atoms with E-state index in [-0.39, 0.29) is 5.69 Å². The fourth-order valence-electron chi connectivity index (χ4n) is 4.04. The van der Waals surface area contributed by atoms with E-state index in [2.05, 4.69) is 25.3 Å². The van der Waals surface area contributed by atoms with Crippen molar-refractivity contribution in [2.24, 2.45) is 0 Å². The van der Waals surface area contributed by atoms with Gasteiger partial charge in [0.1, 0.15) is 27.2 Å². The zero-order valence-electron chi connectivity index (χ0n) is 18.7. The number of aromatic amines is 1. The Kier molecular flexibility index (Phi) is 4.85. The highest BCUT2D eigenvalue weighted by molar-refractivity contribution is 7.26. The predicted octanol–water partition coefficient (Wildman–Crippen LogP) is 5.21. The van der Waals surface area contributed by atoms with Crippen LogP contribution in [0.15, 0.2) is 36.7 Å². The smallest absolute Gasteiger partial charge is 0.280 e. The minimum Gasteiger partial charge on any atom is -0.493 e. The molecule has 0 radical (unpaired) electrons. The van der Waals surface area contributed by atoms with Gasteiger partial charge in [-0.05, 0) is 42.8 Å². The molecule has 0 amide bonds. The molecule has 12 heteroatoms. The summed E-state index contributed by atoms with van der Waals surface area (Å²) in [5.74, 6) is 1.64. The zero-order chi connectivity index (χ0) is 24.3. The molecule has 0 aliphatic rings. The third-order valence-electron chi connectivity index (χ3n) is 5.71. The maximum Gasteiger partial charge on any atom is 0.280 e. The van der Waals surface area contributed by atoms with Crippen LogP contribution in [0.3, 0.4) is 0 Å². The van der Waals surface area contributed by atoms with Gasteiger partial charge in [-0.1, -0.05) is 0 Å². The molecule has 6 rings (SSSR count). The highest BCUT2D eigenvalue weighted by Crippen LogP contribution is 2.37. The van der Waals surface area contributed by atoms with E-state index in [1.54, 1.807) is 32.0 Å². The van der Waals surface area contributed by atoms with Gasteiger partial charge in [-0.3, -0.25) is 5.10 Å². The normalized spacial score (nSPS) is 11.8. The van der Waals surface area contributed by atoms with Crippen molar-refractivity contribution < 1.29 is 18.3 Å². The first-order chi connectivity index (χ1) is 17.0. The molecule has 176 valence electrons. The maximum atomic E-state index is 13.3. The summed E-state index contributed by atoms with van der Waals surface area (Å²) in [7, 11) is 3.16. The van der Waals surface area contributed by atoms with Crippen molar-refractivity contribution in [3.05, 3.63) is 47.9 Å². The number of thiophene rings is 1. The number of benzene rings is 1. The quantitative estimate of drug-likeness (QED) is 0.352. The van der Waals surface area contributed by atoms with Gasteiger partial charge in [-0.15, -0.1) is 16.4 Å². The number of rotatable bonds is 5. The van der Waals surface area contributed by atoms with Crippen LogP contribution in [0.2, 0.25) is 0 Å². The van der Waals surface area contributed by atoms with E-state index < -0.39 is 6.43 Å². The monoisotopic (exact) mass is 493 g/mol. The highest BCUT2D eigenvalue weighted by Gasteiger charge is 2.20. The number of alkyl halides is 2. The second kappa shape index (κ2) is 7.94. The van der Waals surface area contributed by atoms with Crippen molar-refractivity contribution >= 4 is 37.4 Å². The zero-order valence-corrected chi connectivity index (χ0v) is 19.5. The van der Waals surface area contributed by atoms with Gasteiger partial charge in [-0.25, -0.2) is 28.2 Å². The second-order valence-electron chi connectivity index (χ2n) is 7.81. The van der Waals surface area contributed by atoms with Gasteiger partial charge >= 0.3 is 0 Å². The SMILES string of the molecule is COc1ccc(-c2cc(-c3nc4c5sc6nc(C(F)F)cc(C)c6c5ncn4n3)[nH]n2)cc1OC. The Morgan fingerprint density at radius 1 is 1.06 bits per heavy atom. The van der Waals surface area contributed by atoms with Crippen molar-refractivity contribution in [1.82, 2.24) is 34.8 Å². The second-order valence-corrected chi connectivity index (χ2v) is 8.81. The van der Waals surface area contributed by atoms with Gasteiger partial charge in [0.2, 0.25) is 0 Å². The van der Waals surface area contributed by atoms with Crippen LogP contribution in [0.1, 0.15) is 17.7 Å². The van der Waals surface area contributed by atoms with Crippen LogP contribution >= 0.6 is 11.3 Å². The molecule has 0 fully saturated rings. The van der Waals surface area contributed by atoms with E-state index in [1.165, 1.54) is 17.4 Å². The Morgan fingerprint density at radius 3 is 2.66 bits per heavy atom. The van der Waals surface area contributed by atoms with Gasteiger partial charge < -0.3 is 9.47 Å². The Balaban J connectivity index is 1.45. The van der Waals surface area contributed by atoms with E-state index >= 15 is 0 Å². The molecule has 35 heavy (non-hydrogen) atoms. The van der Waals surface area contributed by atoms with Crippen LogP contribution in [0.4, 0.5) is 8.78 Å². The van der Waals surface area contributed by atoms with E-state index in [4.69, 9.17) is 14.5 Å². The number of aryl methyl sites for hydroxylation is 1. The Labute approximate surface area is 200 Å². The highest BCUT2D eigenvalue weighted by atomic mass is 32.1. The van der Waals surface area contributed by atoms with Gasteiger partial charge in [0.25, 0.3) is 6.43 Å². The van der Waals surface area contributed by atoms with Crippen molar-refractivity contribution in [1.29, 1.82) is 0 Å². The fourth-order valence-corrected chi connectivity index (χ4v) is 5.23. The molecule has 1 aromatic carbocycles. The predicted molar refractivity (Wildman–Crippen MR) is 127 cm³/mol. The number of aromatic nitrogens is 7. The number of fused-ring (bicyclic) bond motifs is 5. The number of nitrogens with one attached hydrogen (secondary N) is 1. The van der Waals surface area contributed by atoms with Gasteiger partial charge in [0.05, 0.1) is 25.4 Å². The third-order valence-corrected chi connectivity index (χ3v) is 6.77.